The Labute approximate surface area is 202 Å². The third-order valence-electron chi connectivity index (χ3n) is 5.55. The summed E-state index contributed by atoms with van der Waals surface area (Å²) in [4.78, 5) is 21.0. The zero-order chi connectivity index (χ0) is 24.4. The van der Waals surface area contributed by atoms with Gasteiger partial charge in [0.1, 0.15) is 5.82 Å². The van der Waals surface area contributed by atoms with Crippen LogP contribution in [0.4, 0.5) is 11.4 Å². The summed E-state index contributed by atoms with van der Waals surface area (Å²) in [6.07, 6.45) is 0. The zero-order valence-electron chi connectivity index (χ0n) is 18.8. The summed E-state index contributed by atoms with van der Waals surface area (Å²) in [5.41, 5.74) is 4.86. The standard InChI is InChI=1S/C27H22N4O3S/c1-18-10-16-21(17-11-18)35(33,34)31-20-14-12-19(13-15-20)27(32)30-23-7-3-2-6-22(23)26-28-24-8-4-5-9-25(24)29-26/h2-17,31H,1H3,(H,28,29)(H,30,32). The van der Waals surface area contributed by atoms with Crippen molar-refractivity contribution in [2.24, 2.45) is 0 Å². The van der Waals surface area contributed by atoms with Crippen LogP contribution in [0.5, 0.6) is 0 Å². The minimum absolute atomic E-state index is 0.173. The van der Waals surface area contributed by atoms with Crippen molar-refractivity contribution in [3.8, 4) is 11.4 Å². The third-order valence-corrected chi connectivity index (χ3v) is 6.95. The fraction of sp³-hybridized carbons (Fsp3) is 0.0370. The van der Waals surface area contributed by atoms with Crippen molar-refractivity contribution in [2.45, 2.75) is 11.8 Å². The molecule has 1 aromatic heterocycles. The molecule has 7 nitrogen and oxygen atoms in total. The zero-order valence-corrected chi connectivity index (χ0v) is 19.6. The van der Waals surface area contributed by atoms with Gasteiger partial charge >= 0.3 is 0 Å². The van der Waals surface area contributed by atoms with Crippen molar-refractivity contribution in [3.05, 3.63) is 108 Å². The summed E-state index contributed by atoms with van der Waals surface area (Å²) in [5, 5.41) is 2.93. The van der Waals surface area contributed by atoms with Gasteiger partial charge in [0, 0.05) is 16.8 Å². The lowest BCUT2D eigenvalue weighted by molar-refractivity contribution is 0.102. The number of nitrogens with one attached hydrogen (secondary N) is 3. The highest BCUT2D eigenvalue weighted by molar-refractivity contribution is 7.92. The molecule has 0 aliphatic rings. The van der Waals surface area contributed by atoms with Gasteiger partial charge in [-0.15, -0.1) is 0 Å². The predicted octanol–water partition coefficient (Wildman–Crippen LogP) is 5.59. The van der Waals surface area contributed by atoms with Gasteiger partial charge in [-0.25, -0.2) is 13.4 Å². The molecule has 1 heterocycles. The van der Waals surface area contributed by atoms with E-state index in [4.69, 9.17) is 0 Å². The van der Waals surface area contributed by atoms with E-state index in [-0.39, 0.29) is 10.8 Å². The molecule has 0 spiro atoms. The highest BCUT2D eigenvalue weighted by Gasteiger charge is 2.16. The molecule has 3 N–H and O–H groups in total. The highest BCUT2D eigenvalue weighted by Crippen LogP contribution is 2.28. The number of aryl methyl sites for hydroxylation is 1. The molecule has 8 heteroatoms. The Morgan fingerprint density at radius 2 is 1.51 bits per heavy atom. The van der Waals surface area contributed by atoms with Crippen molar-refractivity contribution >= 4 is 38.3 Å². The maximum Gasteiger partial charge on any atom is 0.261 e. The van der Waals surface area contributed by atoms with Crippen LogP contribution in [0.15, 0.2) is 102 Å². The number of carbonyl (C=O) groups excluding carboxylic acids is 1. The van der Waals surface area contributed by atoms with E-state index >= 15 is 0 Å². The molecule has 5 aromatic rings. The number of fused-ring (bicyclic) bond motifs is 1. The van der Waals surface area contributed by atoms with Crippen LogP contribution < -0.4 is 10.0 Å². The topological polar surface area (TPSA) is 104 Å². The van der Waals surface area contributed by atoms with E-state index in [2.05, 4.69) is 20.0 Å². The first-order valence-corrected chi connectivity index (χ1v) is 12.4. The largest absolute Gasteiger partial charge is 0.338 e. The van der Waals surface area contributed by atoms with Crippen molar-refractivity contribution in [1.29, 1.82) is 0 Å². The average molecular weight is 483 g/mol. The molecule has 0 radical (unpaired) electrons. The average Bonchev–Trinajstić information content (AvgIpc) is 3.29. The number of hydrogen-bond acceptors (Lipinski definition) is 4. The summed E-state index contributed by atoms with van der Waals surface area (Å²) in [5.74, 6) is 0.337. The monoisotopic (exact) mass is 482 g/mol. The number of nitrogens with zero attached hydrogens (tertiary/aromatic N) is 1. The second-order valence-electron chi connectivity index (χ2n) is 8.10. The van der Waals surface area contributed by atoms with Crippen molar-refractivity contribution in [2.75, 3.05) is 10.0 Å². The van der Waals surface area contributed by atoms with Crippen LogP contribution in [-0.4, -0.2) is 24.3 Å². The van der Waals surface area contributed by atoms with Crippen LogP contribution >= 0.6 is 0 Å². The van der Waals surface area contributed by atoms with Gasteiger partial charge in [-0.1, -0.05) is 42.0 Å². The van der Waals surface area contributed by atoms with E-state index in [1.165, 1.54) is 0 Å². The van der Waals surface area contributed by atoms with Gasteiger partial charge in [-0.3, -0.25) is 9.52 Å². The quantitative estimate of drug-likeness (QED) is 0.293. The third kappa shape index (κ3) is 4.78. The molecule has 0 aliphatic carbocycles. The summed E-state index contributed by atoms with van der Waals surface area (Å²) in [7, 11) is -3.72. The van der Waals surface area contributed by atoms with Crippen molar-refractivity contribution < 1.29 is 13.2 Å². The molecule has 5 rings (SSSR count). The number of imidazole rings is 1. The van der Waals surface area contributed by atoms with Gasteiger partial charge in [-0.05, 0) is 67.6 Å². The number of hydrogen-bond donors (Lipinski definition) is 3. The first kappa shape index (κ1) is 22.4. The Balaban J connectivity index is 1.33. The number of aromatic amines is 1. The Kier molecular flexibility index (Phi) is 5.80. The molecule has 4 aromatic carbocycles. The molecule has 35 heavy (non-hydrogen) atoms. The van der Waals surface area contributed by atoms with Crippen LogP contribution in [0.3, 0.4) is 0 Å². The fourth-order valence-corrected chi connectivity index (χ4v) is 4.75. The van der Waals surface area contributed by atoms with E-state index in [0.29, 0.717) is 22.8 Å². The van der Waals surface area contributed by atoms with Crippen LogP contribution in [0.1, 0.15) is 15.9 Å². The Morgan fingerprint density at radius 1 is 0.829 bits per heavy atom. The summed E-state index contributed by atoms with van der Waals surface area (Å²) < 4.78 is 27.8. The van der Waals surface area contributed by atoms with E-state index in [1.54, 1.807) is 48.5 Å². The fourth-order valence-electron chi connectivity index (χ4n) is 3.69. The molecule has 0 aliphatic heterocycles. The smallest absolute Gasteiger partial charge is 0.261 e. The molecule has 0 atom stereocenters. The maximum absolute atomic E-state index is 12.9. The van der Waals surface area contributed by atoms with Gasteiger partial charge < -0.3 is 10.3 Å². The SMILES string of the molecule is Cc1ccc(S(=O)(=O)Nc2ccc(C(=O)Nc3ccccc3-c3nc4ccccc4[nH]3)cc2)cc1. The Bertz CT molecular complexity index is 1590. The van der Waals surface area contributed by atoms with Crippen LogP contribution in [0.25, 0.3) is 22.4 Å². The van der Waals surface area contributed by atoms with E-state index < -0.39 is 10.0 Å². The molecule has 0 saturated carbocycles. The lowest BCUT2D eigenvalue weighted by atomic mass is 10.1. The van der Waals surface area contributed by atoms with Gasteiger partial charge in [0.05, 0.1) is 21.6 Å². The number of H-pyrrole nitrogens is 1. The minimum atomic E-state index is -3.72. The number of aromatic nitrogens is 2. The summed E-state index contributed by atoms with van der Waals surface area (Å²) >= 11 is 0. The predicted molar refractivity (Wildman–Crippen MR) is 138 cm³/mol. The molecule has 0 saturated heterocycles. The number of sulfonamides is 1. The molecule has 174 valence electrons. The number of carbonyl (C=O) groups is 1. The van der Waals surface area contributed by atoms with Crippen molar-refractivity contribution in [1.82, 2.24) is 9.97 Å². The van der Waals surface area contributed by atoms with E-state index in [9.17, 15) is 13.2 Å². The van der Waals surface area contributed by atoms with Crippen molar-refractivity contribution in [3.63, 3.8) is 0 Å². The second kappa shape index (κ2) is 9.08. The Morgan fingerprint density at radius 3 is 2.26 bits per heavy atom. The minimum Gasteiger partial charge on any atom is -0.338 e. The normalized spacial score (nSPS) is 11.3. The molecular formula is C27H22N4O3S. The number of benzene rings is 4. The second-order valence-corrected chi connectivity index (χ2v) is 9.78. The molecule has 0 unspecified atom stereocenters. The summed E-state index contributed by atoms with van der Waals surface area (Å²) in [6.45, 7) is 1.89. The molecular weight excluding hydrogens is 460 g/mol. The lowest BCUT2D eigenvalue weighted by Crippen LogP contribution is -2.14. The number of para-hydroxylation sites is 3. The summed E-state index contributed by atoms with van der Waals surface area (Å²) in [6, 6.07) is 28.0. The van der Waals surface area contributed by atoms with Gasteiger partial charge in [0.15, 0.2) is 0 Å². The van der Waals surface area contributed by atoms with Gasteiger partial charge in [0.25, 0.3) is 15.9 Å². The van der Waals surface area contributed by atoms with Crippen LogP contribution in [-0.2, 0) is 10.0 Å². The lowest BCUT2D eigenvalue weighted by Gasteiger charge is -2.11. The number of rotatable bonds is 6. The molecule has 1 amide bonds. The Hall–Kier alpha value is -4.43. The molecule has 0 bridgehead atoms. The van der Waals surface area contributed by atoms with Crippen LogP contribution in [0, 0.1) is 6.92 Å². The first-order valence-electron chi connectivity index (χ1n) is 10.9. The molecule has 0 fully saturated rings. The van der Waals surface area contributed by atoms with E-state index in [1.807, 2.05) is 55.5 Å². The highest BCUT2D eigenvalue weighted by atomic mass is 32.2. The van der Waals surface area contributed by atoms with Crippen LogP contribution in [0.2, 0.25) is 0 Å². The number of anilines is 2. The first-order chi connectivity index (χ1) is 16.9. The van der Waals surface area contributed by atoms with Gasteiger partial charge in [0.2, 0.25) is 0 Å². The number of amides is 1. The van der Waals surface area contributed by atoms with E-state index in [0.717, 1.165) is 22.2 Å². The van der Waals surface area contributed by atoms with Gasteiger partial charge in [-0.2, -0.15) is 0 Å². The maximum atomic E-state index is 12.9.